The summed E-state index contributed by atoms with van der Waals surface area (Å²) in [6.45, 7) is 2.62. The van der Waals surface area contributed by atoms with Crippen LogP contribution in [0.4, 0.5) is 0 Å². The molecule has 2 N–H and O–H groups in total. The molecule has 0 radical (unpaired) electrons. The Morgan fingerprint density at radius 1 is 1.17 bits per heavy atom. The molecular weight excluding hydrogens is 228 g/mol. The molecule has 2 unspecified atom stereocenters. The maximum atomic E-state index is 12.0. The van der Waals surface area contributed by atoms with Crippen LogP contribution in [0.2, 0.25) is 0 Å². The van der Waals surface area contributed by atoms with Crippen LogP contribution in [0.3, 0.4) is 0 Å². The van der Waals surface area contributed by atoms with Crippen molar-refractivity contribution < 1.29 is 9.53 Å². The molecule has 0 aromatic heterocycles. The summed E-state index contributed by atoms with van der Waals surface area (Å²) in [5.74, 6) is 0.174. The second kappa shape index (κ2) is 7.74. The minimum Gasteiger partial charge on any atom is -0.378 e. The molecule has 2 aliphatic heterocycles. The van der Waals surface area contributed by atoms with Gasteiger partial charge in [0.15, 0.2) is 0 Å². The van der Waals surface area contributed by atoms with Gasteiger partial charge in [-0.15, -0.1) is 0 Å². The predicted octanol–water partition coefficient (Wildman–Crippen LogP) is 1.59. The van der Waals surface area contributed by atoms with E-state index >= 15 is 0 Å². The lowest BCUT2D eigenvalue weighted by molar-refractivity contribution is -0.123. The smallest absolute Gasteiger partial charge is 0.237 e. The number of carbonyl (C=O) groups excluding carboxylic acids is 1. The Balaban J connectivity index is 1.61. The van der Waals surface area contributed by atoms with Crippen LogP contribution in [0.5, 0.6) is 0 Å². The van der Waals surface area contributed by atoms with Gasteiger partial charge >= 0.3 is 0 Å². The van der Waals surface area contributed by atoms with Crippen molar-refractivity contribution in [2.75, 3.05) is 19.7 Å². The lowest BCUT2D eigenvalue weighted by Gasteiger charge is -2.23. The first-order valence-corrected chi connectivity index (χ1v) is 7.49. The fraction of sp³-hybridized carbons (Fsp3) is 0.929. The van der Waals surface area contributed by atoms with E-state index in [4.69, 9.17) is 4.74 Å². The average Bonchev–Trinajstić information content (AvgIpc) is 2.69. The van der Waals surface area contributed by atoms with E-state index in [0.29, 0.717) is 6.10 Å². The summed E-state index contributed by atoms with van der Waals surface area (Å²) < 4.78 is 5.66. The van der Waals surface area contributed by atoms with Crippen molar-refractivity contribution >= 4 is 5.91 Å². The van der Waals surface area contributed by atoms with Gasteiger partial charge in [0.25, 0.3) is 0 Å². The number of amides is 1. The monoisotopic (exact) mass is 254 g/mol. The van der Waals surface area contributed by atoms with Crippen molar-refractivity contribution in [2.45, 2.75) is 63.5 Å². The average molecular weight is 254 g/mol. The lowest BCUT2D eigenvalue weighted by atomic mass is 10.1. The fourth-order valence-electron chi connectivity index (χ4n) is 2.77. The van der Waals surface area contributed by atoms with Crippen molar-refractivity contribution in [3.8, 4) is 0 Å². The molecule has 2 fully saturated rings. The van der Waals surface area contributed by atoms with E-state index in [1.807, 2.05) is 0 Å². The standard InChI is InChI=1S/C14H26N2O2/c17-14(13-7-2-1-4-9-15-13)16-10-8-12-6-3-5-11-18-12/h12-13,15H,1-11H2,(H,16,17). The second-order valence-electron chi connectivity index (χ2n) is 5.42. The Labute approximate surface area is 110 Å². The highest BCUT2D eigenvalue weighted by Crippen LogP contribution is 2.15. The molecular formula is C14H26N2O2. The van der Waals surface area contributed by atoms with Gasteiger partial charge in [0, 0.05) is 13.2 Å². The molecule has 2 rings (SSSR count). The first-order valence-electron chi connectivity index (χ1n) is 7.49. The van der Waals surface area contributed by atoms with Crippen LogP contribution in [-0.2, 0) is 9.53 Å². The number of ether oxygens (including phenoxy) is 1. The Morgan fingerprint density at radius 2 is 2.06 bits per heavy atom. The van der Waals surface area contributed by atoms with Crippen molar-refractivity contribution in [1.29, 1.82) is 0 Å². The third-order valence-electron chi connectivity index (χ3n) is 3.92. The van der Waals surface area contributed by atoms with Gasteiger partial charge in [-0.25, -0.2) is 0 Å². The number of hydrogen-bond donors (Lipinski definition) is 2. The van der Waals surface area contributed by atoms with E-state index in [9.17, 15) is 4.79 Å². The Morgan fingerprint density at radius 3 is 2.89 bits per heavy atom. The Hall–Kier alpha value is -0.610. The number of carbonyl (C=O) groups is 1. The zero-order chi connectivity index (χ0) is 12.6. The lowest BCUT2D eigenvalue weighted by Crippen LogP contribution is -2.44. The molecule has 0 aromatic carbocycles. The van der Waals surface area contributed by atoms with Gasteiger partial charge < -0.3 is 15.4 Å². The molecule has 2 aliphatic rings. The zero-order valence-electron chi connectivity index (χ0n) is 11.2. The molecule has 0 saturated carbocycles. The third-order valence-corrected chi connectivity index (χ3v) is 3.92. The quantitative estimate of drug-likeness (QED) is 0.801. The maximum Gasteiger partial charge on any atom is 0.237 e. The zero-order valence-corrected chi connectivity index (χ0v) is 11.2. The van der Waals surface area contributed by atoms with Crippen molar-refractivity contribution in [3.63, 3.8) is 0 Å². The molecule has 2 saturated heterocycles. The van der Waals surface area contributed by atoms with Crippen LogP contribution in [0.15, 0.2) is 0 Å². The van der Waals surface area contributed by atoms with Gasteiger partial charge in [-0.05, 0) is 45.1 Å². The van der Waals surface area contributed by atoms with Crippen LogP contribution in [0, 0.1) is 0 Å². The summed E-state index contributed by atoms with van der Waals surface area (Å²) in [5, 5.41) is 6.37. The molecule has 4 nitrogen and oxygen atoms in total. The summed E-state index contributed by atoms with van der Waals surface area (Å²) in [5.41, 5.74) is 0. The van der Waals surface area contributed by atoms with Crippen LogP contribution in [0.25, 0.3) is 0 Å². The Kier molecular flexibility index (Phi) is 5.94. The van der Waals surface area contributed by atoms with Gasteiger partial charge in [-0.1, -0.05) is 12.8 Å². The van der Waals surface area contributed by atoms with E-state index in [2.05, 4.69) is 10.6 Å². The molecule has 2 heterocycles. The minimum absolute atomic E-state index is 0.0276. The van der Waals surface area contributed by atoms with E-state index in [1.165, 1.54) is 25.7 Å². The SMILES string of the molecule is O=C(NCCC1CCCCO1)C1CCCCCN1. The van der Waals surface area contributed by atoms with Gasteiger partial charge in [-0.2, -0.15) is 0 Å². The molecule has 0 aliphatic carbocycles. The summed E-state index contributed by atoms with van der Waals surface area (Å²) in [7, 11) is 0. The minimum atomic E-state index is 0.0276. The van der Waals surface area contributed by atoms with E-state index in [0.717, 1.165) is 45.4 Å². The molecule has 2 atom stereocenters. The normalized spacial score (nSPS) is 29.6. The highest BCUT2D eigenvalue weighted by molar-refractivity contribution is 5.81. The van der Waals surface area contributed by atoms with Crippen molar-refractivity contribution in [1.82, 2.24) is 10.6 Å². The largest absolute Gasteiger partial charge is 0.378 e. The molecule has 104 valence electrons. The van der Waals surface area contributed by atoms with Gasteiger partial charge in [0.05, 0.1) is 12.1 Å². The molecule has 0 aromatic rings. The van der Waals surface area contributed by atoms with Gasteiger partial charge in [0.1, 0.15) is 0 Å². The van der Waals surface area contributed by atoms with Crippen molar-refractivity contribution in [2.24, 2.45) is 0 Å². The molecule has 18 heavy (non-hydrogen) atoms. The van der Waals surface area contributed by atoms with Crippen LogP contribution in [0.1, 0.15) is 51.4 Å². The number of rotatable bonds is 4. The molecule has 4 heteroatoms. The van der Waals surface area contributed by atoms with E-state index < -0.39 is 0 Å². The van der Waals surface area contributed by atoms with Crippen LogP contribution in [-0.4, -0.2) is 37.7 Å². The topological polar surface area (TPSA) is 50.4 Å². The highest BCUT2D eigenvalue weighted by atomic mass is 16.5. The molecule has 1 amide bonds. The first-order chi connectivity index (χ1) is 8.86. The van der Waals surface area contributed by atoms with Crippen LogP contribution < -0.4 is 10.6 Å². The van der Waals surface area contributed by atoms with E-state index in [1.54, 1.807) is 0 Å². The summed E-state index contributed by atoms with van der Waals surface area (Å²) in [6.07, 6.45) is 9.50. The van der Waals surface area contributed by atoms with Gasteiger partial charge in [0.2, 0.25) is 5.91 Å². The maximum absolute atomic E-state index is 12.0. The summed E-state index contributed by atoms with van der Waals surface area (Å²) in [4.78, 5) is 12.0. The van der Waals surface area contributed by atoms with Gasteiger partial charge in [-0.3, -0.25) is 4.79 Å². The summed E-state index contributed by atoms with van der Waals surface area (Å²) in [6, 6.07) is 0.0276. The third kappa shape index (κ3) is 4.58. The summed E-state index contributed by atoms with van der Waals surface area (Å²) >= 11 is 0. The van der Waals surface area contributed by atoms with E-state index in [-0.39, 0.29) is 11.9 Å². The molecule has 0 bridgehead atoms. The number of nitrogens with one attached hydrogen (secondary N) is 2. The predicted molar refractivity (Wildman–Crippen MR) is 71.5 cm³/mol. The van der Waals surface area contributed by atoms with Crippen molar-refractivity contribution in [3.05, 3.63) is 0 Å². The first kappa shape index (κ1) is 13.8. The number of hydrogen-bond acceptors (Lipinski definition) is 3. The van der Waals surface area contributed by atoms with Crippen LogP contribution >= 0.6 is 0 Å². The highest BCUT2D eigenvalue weighted by Gasteiger charge is 2.19. The molecule has 0 spiro atoms. The Bertz CT molecular complexity index is 244. The fourth-order valence-corrected chi connectivity index (χ4v) is 2.77. The second-order valence-corrected chi connectivity index (χ2v) is 5.42.